The van der Waals surface area contributed by atoms with Crippen LogP contribution in [0, 0.1) is 0 Å². The van der Waals surface area contributed by atoms with Gasteiger partial charge in [0.1, 0.15) is 13.2 Å². The predicted octanol–water partition coefficient (Wildman–Crippen LogP) is 16.1. The minimum atomic E-state index is -0.830. The first-order valence-electron chi connectivity index (χ1n) is 24.7. The van der Waals surface area contributed by atoms with E-state index in [1.54, 1.807) is 0 Å². The summed E-state index contributed by atoms with van der Waals surface area (Å²) in [4.78, 5) is 37.9. The third kappa shape index (κ3) is 46.9. The molecule has 1 atom stereocenters. The second-order valence-corrected chi connectivity index (χ2v) is 15.9. The van der Waals surface area contributed by atoms with Gasteiger partial charge in [0.15, 0.2) is 6.10 Å². The van der Waals surface area contributed by atoms with Gasteiger partial charge < -0.3 is 14.2 Å². The number of allylic oxidation sites excluding steroid dienone is 20. The van der Waals surface area contributed by atoms with E-state index >= 15 is 0 Å². The first-order chi connectivity index (χ1) is 30.5. The van der Waals surface area contributed by atoms with E-state index in [0.717, 1.165) is 57.8 Å². The molecule has 0 aromatic rings. The largest absolute Gasteiger partial charge is 0.462 e. The molecular formula is C56H88O6. The predicted molar refractivity (Wildman–Crippen MR) is 265 cm³/mol. The van der Waals surface area contributed by atoms with Crippen molar-refractivity contribution in [2.75, 3.05) is 13.2 Å². The molecule has 0 fully saturated rings. The topological polar surface area (TPSA) is 78.9 Å². The maximum absolute atomic E-state index is 12.8. The van der Waals surface area contributed by atoms with Crippen LogP contribution in [0.3, 0.4) is 0 Å². The second-order valence-electron chi connectivity index (χ2n) is 15.9. The zero-order valence-corrected chi connectivity index (χ0v) is 39.6. The van der Waals surface area contributed by atoms with E-state index in [2.05, 4.69) is 39.0 Å². The summed E-state index contributed by atoms with van der Waals surface area (Å²) >= 11 is 0. The molecule has 0 N–H and O–H groups in total. The van der Waals surface area contributed by atoms with E-state index < -0.39 is 6.10 Å². The molecule has 1 unspecified atom stereocenters. The Balaban J connectivity index is 4.56. The van der Waals surface area contributed by atoms with Crippen molar-refractivity contribution in [1.82, 2.24) is 0 Å². The molecule has 62 heavy (non-hydrogen) atoms. The average Bonchev–Trinajstić information content (AvgIpc) is 3.27. The van der Waals surface area contributed by atoms with Crippen molar-refractivity contribution >= 4 is 17.9 Å². The van der Waals surface area contributed by atoms with Crippen molar-refractivity contribution in [1.29, 1.82) is 0 Å². The van der Waals surface area contributed by atoms with Crippen LogP contribution in [0.2, 0.25) is 0 Å². The zero-order chi connectivity index (χ0) is 45.1. The summed E-state index contributed by atoms with van der Waals surface area (Å²) in [6.07, 6.45) is 67.6. The SMILES string of the molecule is CC/C=C/C=C/C=C/C=C/C=C/CCCCCC(=O)OC(COC(=O)CCC/C=C/C=C/C=C/C=C/C=C/CC)COC(=O)CCCCCCCCCCCCCCCCCC. The Hall–Kier alpha value is -4.19. The van der Waals surface area contributed by atoms with Crippen molar-refractivity contribution < 1.29 is 28.6 Å². The number of hydrogen-bond acceptors (Lipinski definition) is 6. The fourth-order valence-electron chi connectivity index (χ4n) is 6.32. The fourth-order valence-corrected chi connectivity index (χ4v) is 6.32. The van der Waals surface area contributed by atoms with Gasteiger partial charge in [-0.1, -0.05) is 245 Å². The monoisotopic (exact) mass is 857 g/mol. The lowest BCUT2D eigenvalue weighted by molar-refractivity contribution is -0.167. The van der Waals surface area contributed by atoms with Gasteiger partial charge in [-0.2, -0.15) is 0 Å². The van der Waals surface area contributed by atoms with E-state index in [0.29, 0.717) is 19.3 Å². The maximum atomic E-state index is 12.8. The van der Waals surface area contributed by atoms with Gasteiger partial charge >= 0.3 is 17.9 Å². The Morgan fingerprint density at radius 2 is 0.645 bits per heavy atom. The lowest BCUT2D eigenvalue weighted by Gasteiger charge is -2.18. The molecule has 0 spiro atoms. The number of unbranched alkanes of at least 4 members (excludes halogenated alkanes) is 19. The highest BCUT2D eigenvalue weighted by Gasteiger charge is 2.19. The number of carbonyl (C=O) groups excluding carboxylic acids is 3. The van der Waals surface area contributed by atoms with Gasteiger partial charge in [0.25, 0.3) is 0 Å². The van der Waals surface area contributed by atoms with Crippen molar-refractivity contribution in [3.63, 3.8) is 0 Å². The normalized spacial score (nSPS) is 13.1. The molecule has 0 amide bonds. The Labute approximate surface area is 380 Å². The number of carbonyl (C=O) groups is 3. The fraction of sp³-hybridized carbons (Fsp3) is 0.589. The molecule has 6 nitrogen and oxygen atoms in total. The quantitative estimate of drug-likeness (QED) is 0.0263. The van der Waals surface area contributed by atoms with Crippen molar-refractivity contribution in [2.45, 2.75) is 200 Å². The molecule has 0 heterocycles. The molecule has 0 aliphatic heterocycles. The van der Waals surface area contributed by atoms with Crippen LogP contribution in [0.4, 0.5) is 0 Å². The Morgan fingerprint density at radius 3 is 1.05 bits per heavy atom. The minimum absolute atomic E-state index is 0.120. The van der Waals surface area contributed by atoms with Gasteiger partial charge in [-0.25, -0.2) is 0 Å². The number of esters is 3. The van der Waals surface area contributed by atoms with Crippen LogP contribution in [0.25, 0.3) is 0 Å². The van der Waals surface area contributed by atoms with Gasteiger partial charge in [0.2, 0.25) is 0 Å². The highest BCUT2D eigenvalue weighted by atomic mass is 16.6. The van der Waals surface area contributed by atoms with Crippen LogP contribution in [0.15, 0.2) is 122 Å². The van der Waals surface area contributed by atoms with Crippen molar-refractivity contribution in [2.24, 2.45) is 0 Å². The first-order valence-corrected chi connectivity index (χ1v) is 24.7. The van der Waals surface area contributed by atoms with Gasteiger partial charge in [0.05, 0.1) is 0 Å². The zero-order valence-electron chi connectivity index (χ0n) is 39.6. The van der Waals surface area contributed by atoms with Gasteiger partial charge in [-0.3, -0.25) is 14.4 Å². The average molecular weight is 857 g/mol. The molecule has 0 aliphatic rings. The van der Waals surface area contributed by atoms with E-state index in [-0.39, 0.29) is 44.0 Å². The third-order valence-electron chi connectivity index (χ3n) is 9.97. The van der Waals surface area contributed by atoms with E-state index in [9.17, 15) is 14.4 Å². The van der Waals surface area contributed by atoms with Crippen molar-refractivity contribution in [3.05, 3.63) is 122 Å². The van der Waals surface area contributed by atoms with Crippen LogP contribution < -0.4 is 0 Å². The van der Waals surface area contributed by atoms with Gasteiger partial charge in [-0.15, -0.1) is 0 Å². The summed E-state index contributed by atoms with van der Waals surface area (Å²) in [6, 6.07) is 0. The molecule has 0 radical (unpaired) electrons. The summed E-state index contributed by atoms with van der Waals surface area (Å²) in [7, 11) is 0. The molecule has 348 valence electrons. The molecular weight excluding hydrogens is 769 g/mol. The molecule has 0 aliphatic carbocycles. The Morgan fingerprint density at radius 1 is 0.339 bits per heavy atom. The molecule has 0 saturated carbocycles. The minimum Gasteiger partial charge on any atom is -0.462 e. The van der Waals surface area contributed by atoms with Crippen LogP contribution in [0.1, 0.15) is 194 Å². The molecule has 0 saturated heterocycles. The summed E-state index contributed by atoms with van der Waals surface area (Å²) in [6.45, 7) is 6.23. The number of hydrogen-bond donors (Lipinski definition) is 0. The molecule has 0 rings (SSSR count). The third-order valence-corrected chi connectivity index (χ3v) is 9.97. The summed E-state index contributed by atoms with van der Waals surface area (Å²) in [5.41, 5.74) is 0. The second kappa shape index (κ2) is 49.5. The van der Waals surface area contributed by atoms with Gasteiger partial charge in [0, 0.05) is 19.3 Å². The summed E-state index contributed by atoms with van der Waals surface area (Å²) in [5.74, 6) is -1.05. The molecule has 0 bridgehead atoms. The lowest BCUT2D eigenvalue weighted by Crippen LogP contribution is -2.30. The van der Waals surface area contributed by atoms with E-state index in [4.69, 9.17) is 14.2 Å². The van der Waals surface area contributed by atoms with Crippen LogP contribution in [-0.2, 0) is 28.6 Å². The lowest BCUT2D eigenvalue weighted by atomic mass is 10.0. The highest BCUT2D eigenvalue weighted by Crippen LogP contribution is 2.15. The number of rotatable bonds is 42. The van der Waals surface area contributed by atoms with Crippen molar-refractivity contribution in [3.8, 4) is 0 Å². The van der Waals surface area contributed by atoms with Crippen LogP contribution >= 0.6 is 0 Å². The summed E-state index contributed by atoms with van der Waals surface area (Å²) in [5, 5.41) is 0. The summed E-state index contributed by atoms with van der Waals surface area (Å²) < 4.78 is 16.7. The van der Waals surface area contributed by atoms with E-state index in [1.807, 2.05) is 103 Å². The van der Waals surface area contributed by atoms with Gasteiger partial charge in [-0.05, 0) is 51.4 Å². The Bertz CT molecular complexity index is 1350. The maximum Gasteiger partial charge on any atom is 0.306 e. The standard InChI is InChI=1S/C56H88O6/c1-4-7-10-13-16-19-22-25-27-29-31-34-37-40-43-46-49-55(58)61-52-53(51-60-54(57)48-45-42-39-36-33-30-24-21-18-15-12-9-6-3)62-56(59)50-47-44-41-38-35-32-28-26-23-20-17-14-11-8-5-2/h8-9,11-12,14-15,17-18,20-21,23-24,26,28,30,32-33,35-36,39,53H,4-7,10,13,16,19,22,25,27,29,31,34,37-38,40-52H2,1-3H3/b11-8+,12-9+,17-14+,18-15+,23-20+,24-21+,28-26+,33-30+,35-32+,39-36+. The highest BCUT2D eigenvalue weighted by molar-refractivity contribution is 5.71. The molecule has 0 aromatic carbocycles. The Kier molecular flexibility index (Phi) is 46.1. The number of ether oxygens (including phenoxy) is 3. The molecule has 0 aromatic heterocycles. The van der Waals surface area contributed by atoms with Crippen LogP contribution in [-0.4, -0.2) is 37.2 Å². The van der Waals surface area contributed by atoms with E-state index in [1.165, 1.54) is 83.5 Å². The smallest absolute Gasteiger partial charge is 0.306 e. The molecule has 6 heteroatoms. The first kappa shape index (κ1) is 57.8. The van der Waals surface area contributed by atoms with Crippen LogP contribution in [0.5, 0.6) is 0 Å².